The minimum Gasteiger partial charge on any atom is -0.365 e. The summed E-state index contributed by atoms with van der Waals surface area (Å²) >= 11 is 0. The van der Waals surface area contributed by atoms with E-state index in [9.17, 15) is 18.0 Å². The van der Waals surface area contributed by atoms with Gasteiger partial charge in [0, 0.05) is 12.6 Å². The number of hydrogen-bond acceptors (Lipinski definition) is 3. The second kappa shape index (κ2) is 4.71. The van der Waals surface area contributed by atoms with E-state index in [-0.39, 0.29) is 17.4 Å². The van der Waals surface area contributed by atoms with Crippen LogP contribution >= 0.6 is 0 Å². The lowest BCUT2D eigenvalue weighted by atomic mass is 10.2. The van der Waals surface area contributed by atoms with Crippen LogP contribution in [-0.4, -0.2) is 23.5 Å². The van der Waals surface area contributed by atoms with Crippen molar-refractivity contribution in [2.75, 3.05) is 11.4 Å². The van der Waals surface area contributed by atoms with Crippen LogP contribution < -0.4 is 10.6 Å². The molecule has 2 heterocycles. The number of hydrogen-bond donors (Lipinski definition) is 1. The van der Waals surface area contributed by atoms with Crippen molar-refractivity contribution >= 4 is 11.7 Å². The predicted molar refractivity (Wildman–Crippen MR) is 63.8 cm³/mol. The molecule has 0 bridgehead atoms. The molecule has 0 aliphatic carbocycles. The van der Waals surface area contributed by atoms with Crippen LogP contribution in [0.2, 0.25) is 0 Å². The Morgan fingerprint density at radius 2 is 2.16 bits per heavy atom. The van der Waals surface area contributed by atoms with Crippen molar-refractivity contribution in [3.63, 3.8) is 0 Å². The number of anilines is 1. The van der Waals surface area contributed by atoms with Crippen molar-refractivity contribution in [1.82, 2.24) is 4.98 Å². The van der Waals surface area contributed by atoms with Gasteiger partial charge in [-0.3, -0.25) is 4.79 Å². The lowest BCUT2D eigenvalue weighted by Crippen LogP contribution is -2.31. The van der Waals surface area contributed by atoms with E-state index in [1.54, 1.807) is 4.90 Å². The zero-order chi connectivity index (χ0) is 14.2. The van der Waals surface area contributed by atoms with Crippen molar-refractivity contribution in [3.05, 3.63) is 23.4 Å². The fraction of sp³-hybridized carbons (Fsp3) is 0.500. The molecular weight excluding hydrogens is 259 g/mol. The maximum Gasteiger partial charge on any atom is 0.433 e. The molecule has 1 aromatic heterocycles. The Morgan fingerprint density at radius 3 is 2.63 bits per heavy atom. The van der Waals surface area contributed by atoms with Crippen LogP contribution in [0.4, 0.5) is 19.0 Å². The minimum atomic E-state index is -4.53. The third kappa shape index (κ3) is 2.64. The number of primary amides is 1. The number of nitrogens with zero attached hydrogens (tertiary/aromatic N) is 2. The molecule has 1 aliphatic rings. The predicted octanol–water partition coefficient (Wildman–Crippen LogP) is 2.19. The molecule has 1 aromatic rings. The second-order valence-electron chi connectivity index (χ2n) is 4.61. The van der Waals surface area contributed by atoms with Gasteiger partial charge in [0.05, 0.1) is 5.56 Å². The molecule has 0 saturated carbocycles. The van der Waals surface area contributed by atoms with E-state index in [4.69, 9.17) is 5.73 Å². The van der Waals surface area contributed by atoms with Gasteiger partial charge in [0.25, 0.3) is 5.91 Å². The van der Waals surface area contributed by atoms with Crippen molar-refractivity contribution in [2.24, 2.45) is 5.73 Å². The van der Waals surface area contributed by atoms with Gasteiger partial charge in [-0.2, -0.15) is 13.2 Å². The third-order valence-corrected chi connectivity index (χ3v) is 3.26. The highest BCUT2D eigenvalue weighted by atomic mass is 19.4. The summed E-state index contributed by atoms with van der Waals surface area (Å²) in [7, 11) is 0. The van der Waals surface area contributed by atoms with Gasteiger partial charge >= 0.3 is 6.18 Å². The summed E-state index contributed by atoms with van der Waals surface area (Å²) in [4.78, 5) is 16.6. The first-order valence-corrected chi connectivity index (χ1v) is 5.95. The Balaban J connectivity index is 2.51. The van der Waals surface area contributed by atoms with Gasteiger partial charge in [0.15, 0.2) is 0 Å². The maximum absolute atomic E-state index is 12.7. The molecule has 4 nitrogen and oxygen atoms in total. The molecule has 1 fully saturated rings. The molecule has 0 radical (unpaired) electrons. The smallest absolute Gasteiger partial charge is 0.365 e. The van der Waals surface area contributed by atoms with Crippen molar-refractivity contribution in [2.45, 2.75) is 32.0 Å². The molecule has 7 heteroatoms. The van der Waals surface area contributed by atoms with Crippen LogP contribution in [0.5, 0.6) is 0 Å². The van der Waals surface area contributed by atoms with E-state index in [1.165, 1.54) is 0 Å². The van der Waals surface area contributed by atoms with Crippen LogP contribution in [0.25, 0.3) is 0 Å². The maximum atomic E-state index is 12.7. The van der Waals surface area contributed by atoms with Crippen molar-refractivity contribution in [3.8, 4) is 0 Å². The van der Waals surface area contributed by atoms with Crippen LogP contribution in [0, 0.1) is 0 Å². The number of aromatic nitrogens is 1. The molecule has 1 saturated heterocycles. The number of nitrogens with two attached hydrogens (primary N) is 1. The molecule has 0 aromatic carbocycles. The summed E-state index contributed by atoms with van der Waals surface area (Å²) in [6.45, 7) is 2.47. The Labute approximate surface area is 108 Å². The molecule has 104 valence electrons. The molecule has 1 atom stereocenters. The van der Waals surface area contributed by atoms with E-state index in [0.717, 1.165) is 25.0 Å². The molecule has 19 heavy (non-hydrogen) atoms. The van der Waals surface area contributed by atoms with Crippen molar-refractivity contribution < 1.29 is 18.0 Å². The first-order valence-electron chi connectivity index (χ1n) is 5.95. The highest BCUT2D eigenvalue weighted by molar-refractivity contribution is 5.97. The number of alkyl halides is 3. The fourth-order valence-corrected chi connectivity index (χ4v) is 2.27. The second-order valence-corrected chi connectivity index (χ2v) is 4.61. The van der Waals surface area contributed by atoms with Crippen LogP contribution in [0.1, 0.15) is 35.8 Å². The highest BCUT2D eigenvalue weighted by Gasteiger charge is 2.35. The fourth-order valence-electron chi connectivity index (χ4n) is 2.27. The van der Waals surface area contributed by atoms with Gasteiger partial charge in [-0.25, -0.2) is 4.98 Å². The monoisotopic (exact) mass is 273 g/mol. The summed E-state index contributed by atoms with van der Waals surface area (Å²) in [6, 6.07) is 1.93. The summed E-state index contributed by atoms with van der Waals surface area (Å²) in [5, 5.41) is 0. The number of rotatable bonds is 2. The van der Waals surface area contributed by atoms with E-state index < -0.39 is 17.8 Å². The number of pyridine rings is 1. The largest absolute Gasteiger partial charge is 0.433 e. The molecule has 2 N–H and O–H groups in total. The standard InChI is InChI=1S/C12H14F3N3O/c1-7-3-2-6-18(7)11-8(10(16)19)4-5-9(17-11)12(13,14)15/h4-5,7H,2-3,6H2,1H3,(H2,16,19). The molecule has 0 spiro atoms. The quantitative estimate of drug-likeness (QED) is 0.898. The van der Waals surface area contributed by atoms with Gasteiger partial charge in [-0.1, -0.05) is 0 Å². The molecule has 1 amide bonds. The highest BCUT2D eigenvalue weighted by Crippen LogP contribution is 2.32. The number of amides is 1. The van der Waals surface area contributed by atoms with Crippen LogP contribution in [0.15, 0.2) is 12.1 Å². The molecular formula is C12H14F3N3O. The Morgan fingerprint density at radius 1 is 1.47 bits per heavy atom. The summed E-state index contributed by atoms with van der Waals surface area (Å²) in [5.41, 5.74) is 4.22. The van der Waals surface area contributed by atoms with Crippen LogP contribution in [0.3, 0.4) is 0 Å². The van der Waals surface area contributed by atoms with Gasteiger partial charge in [0.2, 0.25) is 0 Å². The first kappa shape index (κ1) is 13.6. The SMILES string of the molecule is CC1CCCN1c1nc(C(F)(F)F)ccc1C(N)=O. The minimum absolute atomic E-state index is 0.0294. The van der Waals surface area contributed by atoms with E-state index in [2.05, 4.69) is 4.98 Å². The van der Waals surface area contributed by atoms with E-state index in [0.29, 0.717) is 6.54 Å². The van der Waals surface area contributed by atoms with Gasteiger partial charge in [-0.05, 0) is 31.9 Å². The summed E-state index contributed by atoms with van der Waals surface area (Å²) in [5.74, 6) is -0.734. The molecule has 2 rings (SSSR count). The van der Waals surface area contributed by atoms with E-state index >= 15 is 0 Å². The van der Waals surface area contributed by atoms with Gasteiger partial charge in [0.1, 0.15) is 11.5 Å². The number of halogens is 3. The lowest BCUT2D eigenvalue weighted by molar-refractivity contribution is -0.141. The zero-order valence-electron chi connectivity index (χ0n) is 10.4. The van der Waals surface area contributed by atoms with Crippen molar-refractivity contribution in [1.29, 1.82) is 0 Å². The van der Waals surface area contributed by atoms with Crippen LogP contribution in [-0.2, 0) is 6.18 Å². The van der Waals surface area contributed by atoms with Gasteiger partial charge in [-0.15, -0.1) is 0 Å². The Hall–Kier alpha value is -1.79. The molecule has 1 unspecified atom stereocenters. The van der Waals surface area contributed by atoms with E-state index in [1.807, 2.05) is 6.92 Å². The Bertz CT molecular complexity index is 501. The first-order chi connectivity index (χ1) is 8.80. The number of carbonyl (C=O) groups excluding carboxylic acids is 1. The lowest BCUT2D eigenvalue weighted by Gasteiger charge is -2.25. The zero-order valence-corrected chi connectivity index (χ0v) is 10.4. The topological polar surface area (TPSA) is 59.2 Å². The average molecular weight is 273 g/mol. The summed E-state index contributed by atoms with van der Waals surface area (Å²) < 4.78 is 38.1. The normalized spacial score (nSPS) is 19.8. The summed E-state index contributed by atoms with van der Waals surface area (Å²) in [6.07, 6.45) is -2.82. The number of carbonyl (C=O) groups is 1. The molecule has 1 aliphatic heterocycles. The Kier molecular flexibility index (Phi) is 3.38. The third-order valence-electron chi connectivity index (χ3n) is 3.26. The average Bonchev–Trinajstić information content (AvgIpc) is 2.73. The van der Waals surface area contributed by atoms with Gasteiger partial charge < -0.3 is 10.6 Å².